The van der Waals surface area contributed by atoms with E-state index in [0.717, 1.165) is 106 Å². The third-order valence-corrected chi connectivity index (χ3v) is 21.2. The van der Waals surface area contributed by atoms with Crippen molar-refractivity contribution in [3.05, 3.63) is 494 Å². The first-order valence-electron chi connectivity index (χ1n) is 55.7. The second kappa shape index (κ2) is 49.5. The van der Waals surface area contributed by atoms with Crippen LogP contribution in [0.15, 0.2) is 409 Å². The summed E-state index contributed by atoms with van der Waals surface area (Å²) < 4.78 is 220. The predicted octanol–water partition coefficient (Wildman–Crippen LogP) is 30.9. The topological polar surface area (TPSA) is 143 Å². The second-order valence-electron chi connectivity index (χ2n) is 30.0. The largest absolute Gasteiger partial charge is 0.501 e. The molecule has 0 bridgehead atoms. The fourth-order valence-electron chi connectivity index (χ4n) is 14.7. The van der Waals surface area contributed by atoms with Gasteiger partial charge in [0.1, 0.15) is 16.7 Å². The van der Waals surface area contributed by atoms with E-state index in [0.29, 0.717) is 50.4 Å². The number of hydrogen-bond acceptors (Lipinski definition) is 11. The van der Waals surface area contributed by atoms with Gasteiger partial charge in [0.25, 0.3) is 0 Å². The van der Waals surface area contributed by atoms with Crippen molar-refractivity contribution in [1.29, 1.82) is 0 Å². The summed E-state index contributed by atoms with van der Waals surface area (Å²) in [5, 5.41) is 5.60. The van der Waals surface area contributed by atoms with Crippen molar-refractivity contribution in [3.8, 4) is 101 Å². The van der Waals surface area contributed by atoms with Crippen molar-refractivity contribution in [2.24, 2.45) is 0 Å². The molecular weight excluding hydrogens is 2410 g/mol. The fourth-order valence-corrected chi connectivity index (χ4v) is 14.7. The molecule has 1 aliphatic carbocycles. The number of fused-ring (bicyclic) bond motifs is 12. The Bertz CT molecular complexity index is 8630. The van der Waals surface area contributed by atoms with Crippen molar-refractivity contribution in [3.63, 3.8) is 0 Å². The van der Waals surface area contributed by atoms with Gasteiger partial charge < -0.3 is 53.1 Å². The first-order valence-corrected chi connectivity index (χ1v) is 42.2. The van der Waals surface area contributed by atoms with E-state index < -0.39 is 67.1 Å². The van der Waals surface area contributed by atoms with E-state index in [1.807, 2.05) is 194 Å². The number of aromatic nitrogens is 8. The maximum atomic E-state index is 8.39. The molecule has 12 aromatic carbocycles. The Morgan fingerprint density at radius 3 is 1.09 bits per heavy atom. The van der Waals surface area contributed by atoms with E-state index >= 15 is 0 Å². The summed E-state index contributed by atoms with van der Waals surface area (Å²) in [6, 6.07) is 129. The third-order valence-electron chi connectivity index (χ3n) is 21.2. The minimum absolute atomic E-state index is 0. The molecule has 1 aliphatic rings. The van der Waals surface area contributed by atoms with Crippen molar-refractivity contribution in [1.82, 2.24) is 39.9 Å². The van der Waals surface area contributed by atoms with Gasteiger partial charge in [0.15, 0.2) is 0 Å². The molecule has 0 spiro atoms. The van der Waals surface area contributed by atoms with E-state index in [1.54, 1.807) is 91.0 Å². The molecule has 15 heteroatoms. The third kappa shape index (κ3) is 25.4. The predicted molar refractivity (Wildman–Crippen MR) is 545 cm³/mol. The SMILES string of the molecule is [2H]C([2H])([2H])C([2H])([2H])c1ccnc(-c2[c-]ccc3c2oc2ccccc23)c1.[2H]C([2H])([2H])C([2H])(c1ccnc(-c2[c-]ccc3c2oc2ccccc23)c1)C([2H])([2H])[2H].[2H]C([2H])([2H])c1ccc(-c2[c-]cccc2)nc1.[2H]C([2H])([2H])c1ccc(-c2[c-]cccc2)nc1.[2H]C([2H])([2H])c1ccc(-c2[c-]cccc2)nc1.[2H]C([2H])([2H])c1ccc(-c2[c-]cccc2)nc1.[2H]C([2H])([2H])c1ccnc(-c2[c-]ccc3c2oc2ccccc23)c1.[Ir].[Ir].[Ir].[Ir].[c-]1cc2c(cc1-c1ccccn1)Cc1ccccc1-2. The molecule has 11 aromatic heterocycles. The summed E-state index contributed by atoms with van der Waals surface area (Å²) >= 11 is 0. The summed E-state index contributed by atoms with van der Waals surface area (Å²) in [6.07, 6.45) is 10.1. The molecule has 0 unspecified atom stereocenters. The molecule has 688 valence electrons. The molecule has 0 saturated carbocycles. The average Bonchev–Trinajstić information content (AvgIpc) is 1.19. The molecular formula is C123H94Ir4N8O3-8. The summed E-state index contributed by atoms with van der Waals surface area (Å²) in [6.45, 7) is -19.4. The summed E-state index contributed by atoms with van der Waals surface area (Å²) in [5.41, 5.74) is 22.0. The smallest absolute Gasteiger partial charge is 0.120 e. The Kier molecular flexibility index (Phi) is 25.3. The molecule has 0 amide bonds. The number of pyridine rings is 8. The van der Waals surface area contributed by atoms with Gasteiger partial charge in [-0.2, -0.15) is 0 Å². The zero-order chi connectivity index (χ0) is 115. The van der Waals surface area contributed by atoms with Crippen LogP contribution in [0.5, 0.6) is 0 Å². The zero-order valence-electron chi connectivity index (χ0n) is 99.9. The van der Waals surface area contributed by atoms with Gasteiger partial charge in [0, 0.05) is 183 Å². The Hall–Kier alpha value is -14.2. The van der Waals surface area contributed by atoms with Crippen LogP contribution in [0.25, 0.3) is 167 Å². The van der Waals surface area contributed by atoms with Gasteiger partial charge in [0.2, 0.25) is 0 Å². The maximum absolute atomic E-state index is 8.39. The van der Waals surface area contributed by atoms with Crippen LogP contribution in [-0.2, 0) is 93.2 Å². The van der Waals surface area contributed by atoms with Crippen molar-refractivity contribution >= 4 is 65.8 Å². The van der Waals surface area contributed by atoms with Crippen LogP contribution in [-0.4, -0.2) is 39.9 Å². The fraction of sp³-hybridized carbons (Fsp3) is 0.0894. The number of aryl methyl sites for hydroxylation is 6. The first kappa shape index (κ1) is 70.5. The molecule has 0 aliphatic heterocycles. The van der Waals surface area contributed by atoms with Gasteiger partial charge in [-0.3, -0.25) is 0 Å². The minimum atomic E-state index is -3.06. The Morgan fingerprint density at radius 1 is 0.297 bits per heavy atom. The van der Waals surface area contributed by atoms with Crippen LogP contribution in [0.4, 0.5) is 0 Å². The van der Waals surface area contributed by atoms with Crippen molar-refractivity contribution in [2.75, 3.05) is 0 Å². The molecule has 0 fully saturated rings. The zero-order valence-corrected chi connectivity index (χ0v) is 82.5. The number of furan rings is 3. The molecule has 11 heterocycles. The van der Waals surface area contributed by atoms with Crippen LogP contribution in [0.3, 0.4) is 0 Å². The van der Waals surface area contributed by atoms with Crippen LogP contribution < -0.4 is 0 Å². The van der Waals surface area contributed by atoms with E-state index in [1.165, 1.54) is 96.0 Å². The van der Waals surface area contributed by atoms with Crippen molar-refractivity contribution in [2.45, 2.75) is 73.5 Å². The van der Waals surface area contributed by atoms with Crippen LogP contribution >= 0.6 is 0 Å². The molecule has 138 heavy (non-hydrogen) atoms. The summed E-state index contributed by atoms with van der Waals surface area (Å²) in [5.74, 6) is -2.79. The van der Waals surface area contributed by atoms with E-state index in [9.17, 15) is 0 Å². The minimum Gasteiger partial charge on any atom is -0.501 e. The molecule has 0 atom stereocenters. The van der Waals surface area contributed by atoms with Gasteiger partial charge in [-0.25, -0.2) is 0 Å². The van der Waals surface area contributed by atoms with E-state index in [-0.39, 0.29) is 125 Å². The quantitative estimate of drug-likeness (QED) is 0.121. The Labute approximate surface area is 898 Å². The molecule has 0 N–H and O–H groups in total. The number of nitrogens with zero attached hydrogens (tertiary/aromatic N) is 8. The molecule has 24 rings (SSSR count). The van der Waals surface area contributed by atoms with E-state index in [2.05, 4.69) is 125 Å². The second-order valence-corrected chi connectivity index (χ2v) is 30.0. The number of rotatable bonds is 10. The maximum Gasteiger partial charge on any atom is 0.120 e. The van der Waals surface area contributed by atoms with Gasteiger partial charge in [-0.1, -0.05) is 239 Å². The number of benzene rings is 12. The first-order chi connectivity index (χ1) is 76.6. The monoisotopic (exact) mass is 2530 g/mol. The molecule has 11 nitrogen and oxygen atoms in total. The number of hydrogen-bond donors (Lipinski definition) is 0. The van der Waals surface area contributed by atoms with Gasteiger partial charge in [-0.15, -0.1) is 228 Å². The van der Waals surface area contributed by atoms with Gasteiger partial charge >= 0.3 is 0 Å². The van der Waals surface area contributed by atoms with E-state index in [4.69, 9.17) is 50.3 Å². The van der Waals surface area contributed by atoms with Crippen LogP contribution in [0.2, 0.25) is 0 Å². The van der Waals surface area contributed by atoms with Gasteiger partial charge in [0.05, 0.1) is 16.7 Å². The van der Waals surface area contributed by atoms with Crippen LogP contribution in [0.1, 0.15) is 114 Å². The number of para-hydroxylation sites is 3. The summed E-state index contributed by atoms with van der Waals surface area (Å²) in [4.78, 5) is 33.7. The molecule has 4 radical (unpaired) electrons. The molecule has 0 saturated heterocycles. The Balaban J connectivity index is 0.000000156. The average molecular weight is 2530 g/mol. The van der Waals surface area contributed by atoms with Crippen molar-refractivity contribution < 1.29 is 131 Å². The van der Waals surface area contributed by atoms with Crippen LogP contribution in [0, 0.1) is 82.8 Å². The standard InChI is InChI=1S/C20H16NO.C19H14NO.C18H12NO.C18H12N.4C12H10N.4Ir/c1-13(2)14-10-11-21-18(12-14)17-8-5-7-16-15-6-3-4-9-19(15)22-20(16)17;1-2-13-10-11-20-17(12-13)16-8-5-7-15-14-6-3-4-9-18(14)21-19(15)16;1-12-9-10-19-16(11-12)15-7-4-6-14-13-5-2-3-8-17(13)20-18(14)15;1-2-6-16-13(5-1)11-15-12-14(8-9-17(15)16)18-7-3-4-10-19-18;4*1-10-7-8-12(13-9-10)11-5-3-2-4-6-11;;;;/h3-7,9-13H,1-2H3;3-7,9-12H,2H2,1H3;2-6,8-11H,1H3;1-7,9-10,12H,11H2;4*2-5,7-9H,1H3;;;;/q8*-1;;;;/i1D3,2D3,13D;1D3,2D2;1D3;;4*1D3;;;;. The normalized spacial score (nSPS) is 14.4. The molecule has 23 aromatic rings. The Morgan fingerprint density at radius 2 is 0.688 bits per heavy atom. The summed E-state index contributed by atoms with van der Waals surface area (Å²) in [7, 11) is 0. The van der Waals surface area contributed by atoms with Gasteiger partial charge in [-0.05, 0) is 169 Å².